The van der Waals surface area contributed by atoms with Gasteiger partial charge >= 0.3 is 0 Å². The predicted octanol–water partition coefficient (Wildman–Crippen LogP) is 5.89. The first-order valence-electron chi connectivity index (χ1n) is 11.2. The molecule has 0 aliphatic rings. The van der Waals surface area contributed by atoms with Gasteiger partial charge in [-0.05, 0) is 68.7 Å². The van der Waals surface area contributed by atoms with Gasteiger partial charge < -0.3 is 10.1 Å². The Morgan fingerprint density at radius 2 is 1.71 bits per heavy atom. The number of benzene rings is 3. The number of rotatable bonds is 8. The summed E-state index contributed by atoms with van der Waals surface area (Å²) < 4.78 is 7.99. The number of hydrogen-bond donors (Lipinski definition) is 1. The van der Waals surface area contributed by atoms with Gasteiger partial charge in [0, 0.05) is 11.4 Å². The van der Waals surface area contributed by atoms with Crippen molar-refractivity contribution in [2.45, 2.75) is 44.7 Å². The highest BCUT2D eigenvalue weighted by Crippen LogP contribution is 2.28. The van der Waals surface area contributed by atoms with Crippen LogP contribution in [-0.2, 0) is 11.4 Å². The van der Waals surface area contributed by atoms with Gasteiger partial charge in [-0.3, -0.25) is 9.36 Å². The van der Waals surface area contributed by atoms with Crippen LogP contribution in [0, 0.1) is 20.8 Å². The van der Waals surface area contributed by atoms with Crippen LogP contribution in [0.15, 0.2) is 78.0 Å². The number of aromatic nitrogens is 3. The normalized spacial score (nSPS) is 11.8. The fourth-order valence-electron chi connectivity index (χ4n) is 3.48. The molecule has 6 nitrogen and oxygen atoms in total. The molecule has 0 bridgehead atoms. The zero-order chi connectivity index (χ0) is 24.1. The second-order valence-electron chi connectivity index (χ2n) is 8.19. The van der Waals surface area contributed by atoms with Gasteiger partial charge in [0.25, 0.3) is 0 Å². The van der Waals surface area contributed by atoms with Crippen molar-refractivity contribution in [2.75, 3.05) is 5.32 Å². The summed E-state index contributed by atoms with van der Waals surface area (Å²) in [5.74, 6) is 1.39. The molecular weight excluding hydrogens is 444 g/mol. The van der Waals surface area contributed by atoms with Crippen LogP contribution >= 0.6 is 11.8 Å². The van der Waals surface area contributed by atoms with E-state index in [4.69, 9.17) is 4.74 Å². The summed E-state index contributed by atoms with van der Waals surface area (Å²) in [4.78, 5) is 13.0. The van der Waals surface area contributed by atoms with Crippen molar-refractivity contribution in [2.24, 2.45) is 0 Å². The van der Waals surface area contributed by atoms with Crippen molar-refractivity contribution in [3.63, 3.8) is 0 Å². The van der Waals surface area contributed by atoms with Crippen LogP contribution in [0.1, 0.15) is 29.4 Å². The maximum absolute atomic E-state index is 13.0. The number of amides is 1. The third kappa shape index (κ3) is 5.48. The quantitative estimate of drug-likeness (QED) is 0.324. The molecule has 174 valence electrons. The van der Waals surface area contributed by atoms with Gasteiger partial charge in [0.2, 0.25) is 5.91 Å². The number of aryl methyl sites for hydroxylation is 3. The monoisotopic (exact) mass is 472 g/mol. The van der Waals surface area contributed by atoms with Crippen molar-refractivity contribution in [1.29, 1.82) is 0 Å². The van der Waals surface area contributed by atoms with E-state index in [-0.39, 0.29) is 17.8 Å². The van der Waals surface area contributed by atoms with Crippen molar-refractivity contribution in [3.8, 4) is 11.4 Å². The van der Waals surface area contributed by atoms with E-state index in [2.05, 4.69) is 15.5 Å². The molecule has 3 aromatic carbocycles. The molecule has 0 aliphatic carbocycles. The average Bonchev–Trinajstić information content (AvgIpc) is 3.23. The van der Waals surface area contributed by atoms with Gasteiger partial charge in [0.15, 0.2) is 11.0 Å². The van der Waals surface area contributed by atoms with E-state index in [1.165, 1.54) is 11.8 Å². The molecule has 0 fully saturated rings. The number of ether oxygens (including phenoxy) is 1. The summed E-state index contributed by atoms with van der Waals surface area (Å²) >= 11 is 1.37. The maximum atomic E-state index is 13.0. The lowest BCUT2D eigenvalue weighted by Crippen LogP contribution is -2.23. The van der Waals surface area contributed by atoms with Gasteiger partial charge in [-0.15, -0.1) is 10.2 Å². The summed E-state index contributed by atoms with van der Waals surface area (Å²) in [6, 6.07) is 23.8. The van der Waals surface area contributed by atoms with E-state index < -0.39 is 0 Å². The van der Waals surface area contributed by atoms with Gasteiger partial charge in [-0.1, -0.05) is 60.3 Å². The fraction of sp³-hybridized carbons (Fsp3) is 0.222. The number of nitrogens with one attached hydrogen (secondary N) is 1. The molecule has 1 unspecified atom stereocenters. The Bertz CT molecular complexity index is 1290. The van der Waals surface area contributed by atoms with Crippen LogP contribution in [-0.4, -0.2) is 25.9 Å². The summed E-state index contributed by atoms with van der Waals surface area (Å²) in [5, 5.41) is 12.1. The summed E-state index contributed by atoms with van der Waals surface area (Å²) in [5.41, 5.74) is 4.93. The standard InChI is InChI=1S/C27H28N4O2S/c1-18-14-15-19(2)23(16-18)28-26(32)21(4)34-27-30-29-25(31(27)22-11-6-5-7-12-22)17-33-24-13-9-8-10-20(24)3/h5-16,21H,17H2,1-4H3,(H,28,32). The van der Waals surface area contributed by atoms with E-state index in [0.29, 0.717) is 11.0 Å². The summed E-state index contributed by atoms with van der Waals surface area (Å²) in [6.07, 6.45) is 0. The largest absolute Gasteiger partial charge is 0.485 e. The van der Waals surface area contributed by atoms with Crippen LogP contribution in [0.2, 0.25) is 0 Å². The van der Waals surface area contributed by atoms with E-state index in [1.54, 1.807) is 0 Å². The number of thioether (sulfide) groups is 1. The van der Waals surface area contributed by atoms with Gasteiger partial charge in [0.1, 0.15) is 12.4 Å². The van der Waals surface area contributed by atoms with Crippen molar-refractivity contribution < 1.29 is 9.53 Å². The first-order valence-corrected chi connectivity index (χ1v) is 12.0. The molecule has 1 amide bonds. The molecule has 1 aromatic heterocycles. The molecule has 0 saturated heterocycles. The van der Waals surface area contributed by atoms with E-state index in [1.807, 2.05) is 105 Å². The second-order valence-corrected chi connectivity index (χ2v) is 9.50. The Morgan fingerprint density at radius 1 is 0.971 bits per heavy atom. The Morgan fingerprint density at radius 3 is 2.47 bits per heavy atom. The van der Waals surface area contributed by atoms with E-state index >= 15 is 0 Å². The minimum absolute atomic E-state index is 0.0842. The molecule has 1 heterocycles. The maximum Gasteiger partial charge on any atom is 0.237 e. The minimum Gasteiger partial charge on any atom is -0.485 e. The molecule has 4 rings (SSSR count). The van der Waals surface area contributed by atoms with Gasteiger partial charge in [-0.25, -0.2) is 0 Å². The van der Waals surface area contributed by atoms with Crippen molar-refractivity contribution >= 4 is 23.4 Å². The highest BCUT2D eigenvalue weighted by molar-refractivity contribution is 8.00. The SMILES string of the molecule is Cc1ccc(C)c(NC(=O)C(C)Sc2nnc(COc3ccccc3C)n2-c2ccccc2)c1. The lowest BCUT2D eigenvalue weighted by molar-refractivity contribution is -0.115. The summed E-state index contributed by atoms with van der Waals surface area (Å²) in [6.45, 7) is 8.14. The third-order valence-electron chi connectivity index (χ3n) is 5.47. The number of anilines is 1. The molecule has 1 N–H and O–H groups in total. The Labute approximate surface area is 204 Å². The molecule has 0 radical (unpaired) electrons. The fourth-order valence-corrected chi connectivity index (χ4v) is 4.37. The molecule has 7 heteroatoms. The molecular formula is C27H28N4O2S. The number of para-hydroxylation sites is 2. The molecule has 1 atom stereocenters. The molecule has 4 aromatic rings. The minimum atomic E-state index is -0.378. The van der Waals surface area contributed by atoms with Gasteiger partial charge in [-0.2, -0.15) is 0 Å². The first-order chi connectivity index (χ1) is 16.4. The Hall–Kier alpha value is -3.58. The van der Waals surface area contributed by atoms with E-state index in [9.17, 15) is 4.79 Å². The second kappa shape index (κ2) is 10.6. The lowest BCUT2D eigenvalue weighted by atomic mass is 10.1. The number of hydrogen-bond acceptors (Lipinski definition) is 5. The van der Waals surface area contributed by atoms with Crippen LogP contribution in [0.3, 0.4) is 0 Å². The number of nitrogens with zero attached hydrogens (tertiary/aromatic N) is 3. The smallest absolute Gasteiger partial charge is 0.237 e. The third-order valence-corrected chi connectivity index (χ3v) is 6.51. The highest BCUT2D eigenvalue weighted by Gasteiger charge is 2.22. The molecule has 0 spiro atoms. The number of carbonyl (C=O) groups excluding carboxylic acids is 1. The Kier molecular flexibility index (Phi) is 7.33. The van der Waals surface area contributed by atoms with Crippen LogP contribution in [0.4, 0.5) is 5.69 Å². The first kappa shape index (κ1) is 23.6. The van der Waals surface area contributed by atoms with Crippen molar-refractivity contribution in [3.05, 3.63) is 95.3 Å². The molecule has 0 saturated carbocycles. The van der Waals surface area contributed by atoms with Crippen LogP contribution in [0.5, 0.6) is 5.75 Å². The highest BCUT2D eigenvalue weighted by atomic mass is 32.2. The van der Waals surface area contributed by atoms with Gasteiger partial charge in [0.05, 0.1) is 5.25 Å². The molecule has 34 heavy (non-hydrogen) atoms. The van der Waals surface area contributed by atoms with Crippen LogP contribution in [0.25, 0.3) is 5.69 Å². The predicted molar refractivity (Wildman–Crippen MR) is 137 cm³/mol. The zero-order valence-electron chi connectivity index (χ0n) is 19.8. The molecule has 0 aliphatic heterocycles. The van der Waals surface area contributed by atoms with Crippen molar-refractivity contribution in [1.82, 2.24) is 14.8 Å². The van der Waals surface area contributed by atoms with Crippen LogP contribution < -0.4 is 10.1 Å². The average molecular weight is 473 g/mol. The zero-order valence-corrected chi connectivity index (χ0v) is 20.6. The Balaban J connectivity index is 1.55. The topological polar surface area (TPSA) is 69.0 Å². The number of carbonyl (C=O) groups is 1. The lowest BCUT2D eigenvalue weighted by Gasteiger charge is -2.15. The summed E-state index contributed by atoms with van der Waals surface area (Å²) in [7, 11) is 0. The van der Waals surface area contributed by atoms with E-state index in [0.717, 1.165) is 33.8 Å².